The summed E-state index contributed by atoms with van der Waals surface area (Å²) in [6, 6.07) is 7.17. The van der Waals surface area contributed by atoms with Crippen LogP contribution in [0.3, 0.4) is 0 Å². The first-order valence-corrected chi connectivity index (χ1v) is 9.94. The van der Waals surface area contributed by atoms with E-state index in [1.807, 2.05) is 17.7 Å². The molecule has 3 aromatic rings. The minimum absolute atomic E-state index is 0.336. The molecule has 7 nitrogen and oxygen atoms in total. The predicted octanol–water partition coefficient (Wildman–Crippen LogP) is 4.53. The number of aryl methyl sites for hydroxylation is 1. The molecular formula is C21H24F2N6O. The second kappa shape index (κ2) is 8.74. The largest absolute Gasteiger partial charge is 0.381 e. The molecule has 0 aliphatic carbocycles. The van der Waals surface area contributed by atoms with Crippen LogP contribution in [-0.4, -0.2) is 33.0 Å². The molecule has 0 radical (unpaired) electrons. The Morgan fingerprint density at radius 3 is 2.60 bits per heavy atom. The Bertz CT molecular complexity index is 1020. The van der Waals surface area contributed by atoms with Crippen molar-refractivity contribution >= 4 is 17.5 Å². The minimum atomic E-state index is -0.604. The van der Waals surface area contributed by atoms with Crippen LogP contribution in [0, 0.1) is 18.6 Å². The Labute approximate surface area is 173 Å². The van der Waals surface area contributed by atoms with Crippen LogP contribution in [-0.2, 0) is 4.74 Å². The minimum Gasteiger partial charge on any atom is -0.381 e. The maximum atomic E-state index is 14.0. The summed E-state index contributed by atoms with van der Waals surface area (Å²) in [6.07, 6.45) is 3.31. The van der Waals surface area contributed by atoms with Crippen LogP contribution in [0.2, 0.25) is 0 Å². The van der Waals surface area contributed by atoms with Crippen molar-refractivity contribution in [2.75, 3.05) is 23.8 Å². The topological polar surface area (TPSA) is 76.9 Å². The van der Waals surface area contributed by atoms with Gasteiger partial charge in [-0.3, -0.25) is 4.68 Å². The fourth-order valence-electron chi connectivity index (χ4n) is 3.64. The third-order valence-corrected chi connectivity index (χ3v) is 5.18. The van der Waals surface area contributed by atoms with Gasteiger partial charge in [0.2, 0.25) is 0 Å². The number of benzene rings is 1. The highest BCUT2D eigenvalue weighted by molar-refractivity contribution is 5.56. The Hall–Kier alpha value is -3.07. The van der Waals surface area contributed by atoms with Crippen LogP contribution < -0.4 is 10.6 Å². The highest BCUT2D eigenvalue weighted by Gasteiger charge is 2.19. The average molecular weight is 414 g/mol. The standard InChI is InChI=1S/C21H24F2N6O/c1-13-9-21(28-29(13)16-5-7-30-8-6-16)27-20-11-19(24-12-25-20)26-14(2)17-4-3-15(22)10-18(17)23/h3-4,9-12,14,16H,5-8H2,1-2H3,(H2,24,25,26,27,28). The van der Waals surface area contributed by atoms with Gasteiger partial charge < -0.3 is 15.4 Å². The molecule has 3 heterocycles. The van der Waals surface area contributed by atoms with Gasteiger partial charge in [-0.1, -0.05) is 6.07 Å². The lowest BCUT2D eigenvalue weighted by atomic mass is 10.1. The van der Waals surface area contributed by atoms with Crippen molar-refractivity contribution in [2.24, 2.45) is 0 Å². The Balaban J connectivity index is 1.46. The van der Waals surface area contributed by atoms with Gasteiger partial charge >= 0.3 is 0 Å². The summed E-state index contributed by atoms with van der Waals surface area (Å²) >= 11 is 0. The fourth-order valence-corrected chi connectivity index (χ4v) is 3.64. The first kappa shape index (κ1) is 20.2. The Morgan fingerprint density at radius 1 is 1.07 bits per heavy atom. The highest BCUT2D eigenvalue weighted by Crippen LogP contribution is 2.26. The molecule has 1 atom stereocenters. The molecule has 30 heavy (non-hydrogen) atoms. The van der Waals surface area contributed by atoms with Gasteiger partial charge in [-0.2, -0.15) is 5.10 Å². The Morgan fingerprint density at radius 2 is 1.83 bits per heavy atom. The van der Waals surface area contributed by atoms with Gasteiger partial charge in [0.1, 0.15) is 29.6 Å². The maximum Gasteiger partial charge on any atom is 0.153 e. The second-order valence-electron chi connectivity index (χ2n) is 7.40. The molecule has 0 amide bonds. The number of aromatic nitrogens is 4. The molecular weight excluding hydrogens is 390 g/mol. The molecule has 0 bridgehead atoms. The summed E-state index contributed by atoms with van der Waals surface area (Å²) in [4.78, 5) is 8.43. The second-order valence-corrected chi connectivity index (χ2v) is 7.40. The molecule has 2 N–H and O–H groups in total. The van der Waals surface area contributed by atoms with Gasteiger partial charge in [-0.05, 0) is 32.8 Å². The van der Waals surface area contributed by atoms with E-state index in [1.54, 1.807) is 13.0 Å². The summed E-state index contributed by atoms with van der Waals surface area (Å²) in [6.45, 7) is 5.31. The van der Waals surface area contributed by atoms with E-state index >= 15 is 0 Å². The van der Waals surface area contributed by atoms with Crippen molar-refractivity contribution in [1.29, 1.82) is 0 Å². The third kappa shape index (κ3) is 4.56. The van der Waals surface area contributed by atoms with E-state index < -0.39 is 17.7 Å². The molecule has 1 aliphatic rings. The smallest absolute Gasteiger partial charge is 0.153 e. The summed E-state index contributed by atoms with van der Waals surface area (Å²) in [5, 5.41) is 11.0. The molecule has 9 heteroatoms. The molecule has 2 aromatic heterocycles. The van der Waals surface area contributed by atoms with Crippen LogP contribution in [0.15, 0.2) is 36.7 Å². The van der Waals surface area contributed by atoms with Crippen molar-refractivity contribution in [2.45, 2.75) is 38.8 Å². The molecule has 1 aromatic carbocycles. The van der Waals surface area contributed by atoms with Crippen molar-refractivity contribution < 1.29 is 13.5 Å². The van der Waals surface area contributed by atoms with Crippen molar-refractivity contribution in [1.82, 2.24) is 19.7 Å². The van der Waals surface area contributed by atoms with Crippen molar-refractivity contribution in [3.05, 3.63) is 59.6 Å². The number of anilines is 3. The zero-order valence-electron chi connectivity index (χ0n) is 16.9. The van der Waals surface area contributed by atoms with E-state index in [-0.39, 0.29) is 0 Å². The van der Waals surface area contributed by atoms with Gasteiger partial charge in [0.05, 0.1) is 12.1 Å². The average Bonchev–Trinajstić information content (AvgIpc) is 3.08. The number of hydrogen-bond donors (Lipinski definition) is 2. The predicted molar refractivity (Wildman–Crippen MR) is 110 cm³/mol. The zero-order chi connectivity index (χ0) is 21.1. The van der Waals surface area contributed by atoms with Gasteiger partial charge in [0.15, 0.2) is 5.82 Å². The van der Waals surface area contributed by atoms with Gasteiger partial charge in [-0.15, -0.1) is 0 Å². The number of halogens is 2. The van der Waals surface area contributed by atoms with Gasteiger partial charge in [-0.25, -0.2) is 18.7 Å². The molecule has 1 aliphatic heterocycles. The number of rotatable bonds is 6. The van der Waals surface area contributed by atoms with Gasteiger partial charge in [0.25, 0.3) is 0 Å². The van der Waals surface area contributed by atoms with E-state index in [0.29, 0.717) is 29.1 Å². The monoisotopic (exact) mass is 414 g/mol. The molecule has 1 fully saturated rings. The number of nitrogens with zero attached hydrogens (tertiary/aromatic N) is 4. The quantitative estimate of drug-likeness (QED) is 0.617. The summed E-state index contributed by atoms with van der Waals surface area (Å²) < 4.78 is 34.6. The van der Waals surface area contributed by atoms with Crippen LogP contribution in [0.4, 0.5) is 26.2 Å². The molecule has 158 valence electrons. The highest BCUT2D eigenvalue weighted by atomic mass is 19.1. The van der Waals surface area contributed by atoms with Crippen LogP contribution in [0.25, 0.3) is 0 Å². The van der Waals surface area contributed by atoms with Crippen LogP contribution in [0.5, 0.6) is 0 Å². The van der Waals surface area contributed by atoms with E-state index in [2.05, 4.69) is 25.7 Å². The summed E-state index contributed by atoms with van der Waals surface area (Å²) in [5.74, 6) is 0.575. The maximum absolute atomic E-state index is 14.0. The van der Waals surface area contributed by atoms with E-state index in [4.69, 9.17) is 4.74 Å². The SMILES string of the molecule is Cc1cc(Nc2cc(NC(C)c3ccc(F)cc3F)ncn2)nn1C1CCOCC1. The fraction of sp³-hybridized carbons (Fsp3) is 0.381. The Kier molecular flexibility index (Phi) is 5.89. The molecule has 1 unspecified atom stereocenters. The molecule has 0 spiro atoms. The lowest BCUT2D eigenvalue weighted by Gasteiger charge is -2.23. The van der Waals surface area contributed by atoms with Crippen LogP contribution >= 0.6 is 0 Å². The molecule has 1 saturated heterocycles. The zero-order valence-corrected chi connectivity index (χ0v) is 16.9. The number of nitrogens with one attached hydrogen (secondary N) is 2. The van der Waals surface area contributed by atoms with E-state index in [1.165, 1.54) is 18.5 Å². The number of ether oxygens (including phenoxy) is 1. The van der Waals surface area contributed by atoms with Crippen LogP contribution in [0.1, 0.15) is 43.1 Å². The number of hydrogen-bond acceptors (Lipinski definition) is 6. The summed E-state index contributed by atoms with van der Waals surface area (Å²) in [5.41, 5.74) is 1.42. The molecule has 0 saturated carbocycles. The molecule has 4 rings (SSSR count). The van der Waals surface area contributed by atoms with Crippen molar-refractivity contribution in [3.63, 3.8) is 0 Å². The lowest BCUT2D eigenvalue weighted by Crippen LogP contribution is -2.21. The first-order chi connectivity index (χ1) is 14.5. The van der Waals surface area contributed by atoms with Gasteiger partial charge in [0, 0.05) is 42.7 Å². The normalized spacial score (nSPS) is 15.7. The van der Waals surface area contributed by atoms with Crippen molar-refractivity contribution in [3.8, 4) is 0 Å². The lowest BCUT2D eigenvalue weighted by molar-refractivity contribution is 0.0657. The third-order valence-electron chi connectivity index (χ3n) is 5.18. The summed E-state index contributed by atoms with van der Waals surface area (Å²) in [7, 11) is 0. The van der Waals surface area contributed by atoms with E-state index in [9.17, 15) is 8.78 Å². The first-order valence-electron chi connectivity index (χ1n) is 9.94. The van der Waals surface area contributed by atoms with E-state index in [0.717, 1.165) is 37.8 Å².